The summed E-state index contributed by atoms with van der Waals surface area (Å²) in [4.78, 5) is 17.0. The zero-order valence-corrected chi connectivity index (χ0v) is 19.1. The molecule has 0 atom stereocenters. The first-order chi connectivity index (χ1) is 16.3. The number of rotatable bonds is 8. The number of thiazole rings is 1. The predicted octanol–water partition coefficient (Wildman–Crippen LogP) is 5.44. The van der Waals surface area contributed by atoms with Crippen molar-refractivity contribution in [1.29, 1.82) is 0 Å². The van der Waals surface area contributed by atoms with Crippen molar-refractivity contribution in [3.8, 4) is 22.2 Å². The molecule has 164 valence electrons. The van der Waals surface area contributed by atoms with Gasteiger partial charge in [-0.05, 0) is 29.8 Å². The van der Waals surface area contributed by atoms with Crippen LogP contribution in [0, 0.1) is 0 Å². The third kappa shape index (κ3) is 5.05. The maximum absolute atomic E-state index is 12.7. The fraction of sp³-hybridized carbons (Fsp3) is 0.0833. The molecule has 0 saturated heterocycles. The number of thioether (sulfide) groups is 1. The van der Waals surface area contributed by atoms with Gasteiger partial charge in [0.05, 0.1) is 18.6 Å². The van der Waals surface area contributed by atoms with Crippen molar-refractivity contribution < 1.29 is 9.21 Å². The lowest BCUT2D eigenvalue weighted by atomic mass is 10.2. The van der Waals surface area contributed by atoms with Crippen LogP contribution in [-0.4, -0.2) is 31.4 Å². The Morgan fingerprint density at radius 1 is 1.06 bits per heavy atom. The normalized spacial score (nSPS) is 10.9. The molecule has 5 aromatic rings. The summed E-state index contributed by atoms with van der Waals surface area (Å²) in [5.41, 5.74) is 2.81. The number of carbonyl (C=O) groups excluding carboxylic acids is 1. The molecule has 0 saturated carbocycles. The number of hydrogen-bond acceptors (Lipinski definition) is 7. The molecular formula is C24H19N5O2S2. The summed E-state index contributed by atoms with van der Waals surface area (Å²) in [5, 5.41) is 15.1. The molecule has 0 unspecified atom stereocenters. The minimum atomic E-state index is -0.120. The lowest BCUT2D eigenvalue weighted by molar-refractivity contribution is -0.113. The van der Waals surface area contributed by atoms with Crippen molar-refractivity contribution in [2.75, 3.05) is 11.1 Å². The van der Waals surface area contributed by atoms with Crippen LogP contribution >= 0.6 is 23.1 Å². The second-order valence-electron chi connectivity index (χ2n) is 7.11. The summed E-state index contributed by atoms with van der Waals surface area (Å²) in [5.74, 6) is 1.34. The van der Waals surface area contributed by atoms with Crippen molar-refractivity contribution in [3.05, 3.63) is 90.1 Å². The summed E-state index contributed by atoms with van der Waals surface area (Å²) in [6, 6.07) is 21.4. The molecular weight excluding hydrogens is 454 g/mol. The molecule has 0 aliphatic rings. The van der Waals surface area contributed by atoms with E-state index >= 15 is 0 Å². The van der Waals surface area contributed by atoms with E-state index in [0.29, 0.717) is 23.3 Å². The van der Waals surface area contributed by atoms with E-state index < -0.39 is 0 Å². The van der Waals surface area contributed by atoms with Gasteiger partial charge in [0.15, 0.2) is 10.9 Å². The van der Waals surface area contributed by atoms with Gasteiger partial charge in [-0.25, -0.2) is 4.98 Å². The minimum Gasteiger partial charge on any atom is -0.461 e. The fourth-order valence-corrected chi connectivity index (χ4v) is 4.69. The first-order valence-electron chi connectivity index (χ1n) is 10.2. The Hall–Kier alpha value is -3.69. The quantitative estimate of drug-likeness (QED) is 0.302. The highest BCUT2D eigenvalue weighted by molar-refractivity contribution is 7.99. The van der Waals surface area contributed by atoms with Crippen molar-refractivity contribution >= 4 is 34.7 Å². The van der Waals surface area contributed by atoms with Crippen LogP contribution < -0.4 is 5.32 Å². The number of aromatic nitrogens is 4. The molecule has 33 heavy (non-hydrogen) atoms. The van der Waals surface area contributed by atoms with Crippen LogP contribution in [0.3, 0.4) is 0 Å². The maximum atomic E-state index is 12.7. The van der Waals surface area contributed by atoms with Crippen LogP contribution in [0.1, 0.15) is 5.56 Å². The van der Waals surface area contributed by atoms with E-state index in [9.17, 15) is 4.79 Å². The van der Waals surface area contributed by atoms with Gasteiger partial charge >= 0.3 is 0 Å². The highest BCUT2D eigenvalue weighted by atomic mass is 32.2. The van der Waals surface area contributed by atoms with Gasteiger partial charge in [0.1, 0.15) is 5.01 Å². The second-order valence-corrected chi connectivity index (χ2v) is 8.95. The van der Waals surface area contributed by atoms with Crippen LogP contribution in [0.4, 0.5) is 5.69 Å². The molecule has 0 bridgehead atoms. The molecule has 0 spiro atoms. The van der Waals surface area contributed by atoms with Gasteiger partial charge in [0.25, 0.3) is 0 Å². The number of amides is 1. The molecule has 0 aliphatic carbocycles. The Bertz CT molecular complexity index is 1330. The van der Waals surface area contributed by atoms with Crippen molar-refractivity contribution in [1.82, 2.24) is 19.7 Å². The predicted molar refractivity (Wildman–Crippen MR) is 130 cm³/mol. The first-order valence-corrected chi connectivity index (χ1v) is 12.1. The summed E-state index contributed by atoms with van der Waals surface area (Å²) < 4.78 is 7.51. The van der Waals surface area contributed by atoms with Crippen LogP contribution in [0.25, 0.3) is 22.2 Å². The SMILES string of the molecule is O=C(CSc1nnc(-c2ccco2)n1Cc1ccccc1)Nc1cccc(-c2nccs2)c1. The Labute approximate surface area is 198 Å². The van der Waals surface area contributed by atoms with Gasteiger partial charge in [-0.1, -0.05) is 54.2 Å². The van der Waals surface area contributed by atoms with Crippen LogP contribution in [-0.2, 0) is 11.3 Å². The van der Waals surface area contributed by atoms with Gasteiger partial charge in [0.2, 0.25) is 11.7 Å². The van der Waals surface area contributed by atoms with Gasteiger partial charge in [-0.2, -0.15) is 0 Å². The first kappa shape index (κ1) is 21.2. The third-order valence-electron chi connectivity index (χ3n) is 4.80. The van der Waals surface area contributed by atoms with E-state index in [-0.39, 0.29) is 11.7 Å². The summed E-state index contributed by atoms with van der Waals surface area (Å²) in [6.45, 7) is 0.573. The fourth-order valence-electron chi connectivity index (χ4n) is 3.32. The van der Waals surface area contributed by atoms with Gasteiger partial charge in [0, 0.05) is 22.8 Å². The van der Waals surface area contributed by atoms with Crippen LogP contribution in [0.5, 0.6) is 0 Å². The molecule has 5 rings (SSSR count). The monoisotopic (exact) mass is 473 g/mol. The Morgan fingerprint density at radius 2 is 1.97 bits per heavy atom. The highest BCUT2D eigenvalue weighted by Crippen LogP contribution is 2.27. The molecule has 1 N–H and O–H groups in total. The van der Waals surface area contributed by atoms with E-state index in [4.69, 9.17) is 4.42 Å². The van der Waals surface area contributed by atoms with E-state index in [0.717, 1.165) is 21.8 Å². The standard InChI is InChI=1S/C24H19N5O2S2/c30-21(26-19-9-4-8-18(14-19)23-25-11-13-32-23)16-33-24-28-27-22(20-10-5-12-31-20)29(24)15-17-6-2-1-3-7-17/h1-14H,15-16H2,(H,26,30). The number of carbonyl (C=O) groups is 1. The largest absolute Gasteiger partial charge is 0.461 e. The lowest BCUT2D eigenvalue weighted by Crippen LogP contribution is -2.15. The molecule has 1 amide bonds. The van der Waals surface area contributed by atoms with Gasteiger partial charge < -0.3 is 9.73 Å². The van der Waals surface area contributed by atoms with Gasteiger partial charge in [-0.15, -0.1) is 21.5 Å². The molecule has 0 radical (unpaired) electrons. The van der Waals surface area contributed by atoms with Crippen molar-refractivity contribution in [2.24, 2.45) is 0 Å². The van der Waals surface area contributed by atoms with E-state index in [2.05, 4.69) is 20.5 Å². The highest BCUT2D eigenvalue weighted by Gasteiger charge is 2.18. The summed E-state index contributed by atoms with van der Waals surface area (Å²) in [7, 11) is 0. The molecule has 7 nitrogen and oxygen atoms in total. The average molecular weight is 474 g/mol. The number of furan rings is 1. The summed E-state index contributed by atoms with van der Waals surface area (Å²) in [6.07, 6.45) is 3.38. The second kappa shape index (κ2) is 9.85. The summed E-state index contributed by atoms with van der Waals surface area (Å²) >= 11 is 2.90. The number of benzene rings is 2. The Kier molecular flexibility index (Phi) is 6.32. The maximum Gasteiger partial charge on any atom is 0.234 e. The zero-order chi connectivity index (χ0) is 22.5. The molecule has 3 aromatic heterocycles. The van der Waals surface area contributed by atoms with Crippen molar-refractivity contribution in [2.45, 2.75) is 11.7 Å². The average Bonchev–Trinajstić information content (AvgIpc) is 3.61. The van der Waals surface area contributed by atoms with E-state index in [1.807, 2.05) is 76.7 Å². The number of hydrogen-bond donors (Lipinski definition) is 1. The smallest absolute Gasteiger partial charge is 0.234 e. The molecule has 2 aromatic carbocycles. The minimum absolute atomic E-state index is 0.120. The van der Waals surface area contributed by atoms with Gasteiger partial charge in [-0.3, -0.25) is 9.36 Å². The molecule has 9 heteroatoms. The zero-order valence-electron chi connectivity index (χ0n) is 17.4. The molecule has 3 heterocycles. The van der Waals surface area contributed by atoms with E-state index in [1.165, 1.54) is 11.8 Å². The third-order valence-corrected chi connectivity index (χ3v) is 6.59. The topological polar surface area (TPSA) is 85.8 Å². The van der Waals surface area contributed by atoms with E-state index in [1.54, 1.807) is 23.8 Å². The van der Waals surface area contributed by atoms with Crippen LogP contribution in [0.15, 0.2) is 94.1 Å². The van der Waals surface area contributed by atoms with Crippen molar-refractivity contribution in [3.63, 3.8) is 0 Å². The number of anilines is 1. The molecule has 0 aliphatic heterocycles. The Balaban J connectivity index is 1.30. The Morgan fingerprint density at radius 3 is 2.76 bits per heavy atom. The molecule has 0 fully saturated rings. The number of nitrogens with zero attached hydrogens (tertiary/aromatic N) is 4. The number of nitrogens with one attached hydrogen (secondary N) is 1. The lowest BCUT2D eigenvalue weighted by Gasteiger charge is -2.10. The van der Waals surface area contributed by atoms with Crippen LogP contribution in [0.2, 0.25) is 0 Å².